The first kappa shape index (κ1) is 16.3. The van der Waals surface area contributed by atoms with Gasteiger partial charge in [0.15, 0.2) is 0 Å². The van der Waals surface area contributed by atoms with Gasteiger partial charge in [-0.2, -0.15) is 13.2 Å². The maximum absolute atomic E-state index is 12.9. The summed E-state index contributed by atoms with van der Waals surface area (Å²) in [5.41, 5.74) is 7.25. The van der Waals surface area contributed by atoms with E-state index in [1.807, 2.05) is 6.92 Å². The van der Waals surface area contributed by atoms with Crippen LogP contribution in [0.25, 0.3) is 0 Å². The van der Waals surface area contributed by atoms with Crippen LogP contribution in [0.4, 0.5) is 13.2 Å². The second-order valence-corrected chi connectivity index (χ2v) is 5.98. The normalized spacial score (nSPS) is 13.3. The van der Waals surface area contributed by atoms with Crippen molar-refractivity contribution in [3.63, 3.8) is 0 Å². The molecule has 0 spiro atoms. The molecule has 0 amide bonds. The number of hydrogen-bond acceptors (Lipinski definition) is 1. The maximum atomic E-state index is 12.9. The van der Waals surface area contributed by atoms with E-state index in [4.69, 9.17) is 17.3 Å². The first-order chi connectivity index (χ1) is 9.70. The highest BCUT2D eigenvalue weighted by molar-refractivity contribution is 9.10. The van der Waals surface area contributed by atoms with Gasteiger partial charge in [0.1, 0.15) is 0 Å². The molecule has 0 aliphatic rings. The monoisotopic (exact) mass is 377 g/mol. The number of alkyl halides is 3. The van der Waals surface area contributed by atoms with Crippen LogP contribution in [0, 0.1) is 6.92 Å². The van der Waals surface area contributed by atoms with Gasteiger partial charge < -0.3 is 5.73 Å². The molecule has 1 nitrogen and oxygen atoms in total. The number of halogens is 5. The lowest BCUT2D eigenvalue weighted by Crippen LogP contribution is -2.14. The fourth-order valence-electron chi connectivity index (χ4n) is 1.95. The fraction of sp³-hybridized carbons (Fsp3) is 0.200. The van der Waals surface area contributed by atoms with Gasteiger partial charge >= 0.3 is 6.18 Å². The van der Waals surface area contributed by atoms with Crippen molar-refractivity contribution < 1.29 is 13.2 Å². The average molecular weight is 379 g/mol. The number of nitrogens with two attached hydrogens (primary N) is 1. The summed E-state index contributed by atoms with van der Waals surface area (Å²) in [6.07, 6.45) is -4.43. The van der Waals surface area contributed by atoms with Crippen LogP contribution < -0.4 is 5.73 Å². The predicted octanol–water partition coefficient (Wildman–Crippen LogP) is 5.48. The zero-order chi connectivity index (χ0) is 15.8. The second-order valence-electron chi connectivity index (χ2n) is 4.72. The Kier molecular flexibility index (Phi) is 4.66. The van der Waals surface area contributed by atoms with Crippen LogP contribution in [0.3, 0.4) is 0 Å². The molecule has 0 aliphatic carbocycles. The second kappa shape index (κ2) is 5.99. The molecule has 21 heavy (non-hydrogen) atoms. The van der Waals surface area contributed by atoms with E-state index in [9.17, 15) is 13.2 Å². The predicted molar refractivity (Wildman–Crippen MR) is 81.4 cm³/mol. The Hall–Kier alpha value is -1.04. The van der Waals surface area contributed by atoms with Gasteiger partial charge in [0.25, 0.3) is 0 Å². The Bertz CT molecular complexity index is 670. The molecule has 0 heterocycles. The van der Waals surface area contributed by atoms with Crippen molar-refractivity contribution in [2.24, 2.45) is 5.73 Å². The highest BCUT2D eigenvalue weighted by Crippen LogP contribution is 2.37. The molecule has 0 saturated carbocycles. The Balaban J connectivity index is 2.44. The molecule has 112 valence electrons. The highest BCUT2D eigenvalue weighted by Gasteiger charge is 2.33. The van der Waals surface area contributed by atoms with E-state index in [0.29, 0.717) is 16.1 Å². The summed E-state index contributed by atoms with van der Waals surface area (Å²) >= 11 is 8.94. The summed E-state index contributed by atoms with van der Waals surface area (Å²) in [5, 5.41) is 0.538. The van der Waals surface area contributed by atoms with Gasteiger partial charge in [-0.05, 0) is 41.8 Å². The molecular weight excluding hydrogens is 367 g/mol. The Morgan fingerprint density at radius 3 is 2.24 bits per heavy atom. The van der Waals surface area contributed by atoms with Gasteiger partial charge in [-0.15, -0.1) is 0 Å². The molecule has 0 saturated heterocycles. The third-order valence-electron chi connectivity index (χ3n) is 3.21. The van der Waals surface area contributed by atoms with Crippen LogP contribution in [0.1, 0.15) is 28.3 Å². The number of aryl methyl sites for hydroxylation is 1. The molecule has 2 rings (SSSR count). The van der Waals surface area contributed by atoms with E-state index in [1.165, 1.54) is 6.07 Å². The Morgan fingerprint density at radius 2 is 1.67 bits per heavy atom. The smallest absolute Gasteiger partial charge is 0.320 e. The van der Waals surface area contributed by atoms with Crippen molar-refractivity contribution in [1.29, 1.82) is 0 Å². The summed E-state index contributed by atoms with van der Waals surface area (Å²) in [4.78, 5) is 0. The summed E-state index contributed by atoms with van der Waals surface area (Å²) in [5.74, 6) is 0. The molecule has 1 atom stereocenters. The molecule has 0 radical (unpaired) electrons. The zero-order valence-electron chi connectivity index (χ0n) is 11.0. The third-order valence-corrected chi connectivity index (χ3v) is 4.31. The quantitative estimate of drug-likeness (QED) is 0.736. The van der Waals surface area contributed by atoms with Crippen LogP contribution in [-0.4, -0.2) is 0 Å². The molecule has 0 bridgehead atoms. The molecule has 2 N–H and O–H groups in total. The molecular formula is C15H12BrClF3N. The van der Waals surface area contributed by atoms with Crippen LogP contribution in [0.15, 0.2) is 40.9 Å². The van der Waals surface area contributed by atoms with Gasteiger partial charge in [-0.1, -0.05) is 45.7 Å². The Labute approximate surface area is 134 Å². The van der Waals surface area contributed by atoms with Crippen LogP contribution in [0.5, 0.6) is 0 Å². The van der Waals surface area contributed by atoms with Crippen molar-refractivity contribution in [2.45, 2.75) is 19.1 Å². The largest absolute Gasteiger partial charge is 0.417 e. The number of hydrogen-bond donors (Lipinski definition) is 1. The van der Waals surface area contributed by atoms with Gasteiger partial charge in [0.05, 0.1) is 11.6 Å². The number of benzene rings is 2. The van der Waals surface area contributed by atoms with Crippen molar-refractivity contribution >= 4 is 27.5 Å². The molecule has 0 aliphatic heterocycles. The fourth-order valence-corrected chi connectivity index (χ4v) is 2.61. The van der Waals surface area contributed by atoms with E-state index in [-0.39, 0.29) is 4.47 Å². The maximum Gasteiger partial charge on any atom is 0.417 e. The zero-order valence-corrected chi connectivity index (χ0v) is 13.4. The molecule has 0 aromatic heterocycles. The molecule has 6 heteroatoms. The van der Waals surface area contributed by atoms with Gasteiger partial charge in [-0.3, -0.25) is 0 Å². The van der Waals surface area contributed by atoms with Crippen LogP contribution in [0.2, 0.25) is 5.02 Å². The minimum atomic E-state index is -4.43. The van der Waals surface area contributed by atoms with Crippen molar-refractivity contribution in [3.05, 3.63) is 68.1 Å². The lowest BCUT2D eigenvalue weighted by atomic mass is 9.97. The molecule has 1 unspecified atom stereocenters. The standard InChI is InChI=1S/C15H12BrClF3N/c1-8-2-3-10(7-13(8)17)14(21)9-4-5-12(16)11(6-9)15(18,19)20/h2-7,14H,21H2,1H3. The minimum absolute atomic E-state index is 0.00658. The summed E-state index contributed by atoms with van der Waals surface area (Å²) in [6, 6.07) is 8.55. The van der Waals surface area contributed by atoms with Crippen LogP contribution >= 0.6 is 27.5 Å². The lowest BCUT2D eigenvalue weighted by Gasteiger charge is -2.17. The number of rotatable bonds is 2. The first-order valence-electron chi connectivity index (χ1n) is 6.08. The van der Waals surface area contributed by atoms with Crippen molar-refractivity contribution in [2.75, 3.05) is 0 Å². The molecule has 2 aromatic rings. The van der Waals surface area contributed by atoms with Crippen LogP contribution in [-0.2, 0) is 6.18 Å². The lowest BCUT2D eigenvalue weighted by molar-refractivity contribution is -0.138. The van der Waals surface area contributed by atoms with Gasteiger partial charge in [0, 0.05) is 9.50 Å². The molecule has 0 fully saturated rings. The topological polar surface area (TPSA) is 26.0 Å². The van der Waals surface area contributed by atoms with E-state index >= 15 is 0 Å². The van der Waals surface area contributed by atoms with E-state index in [2.05, 4.69) is 15.9 Å². The van der Waals surface area contributed by atoms with Crippen molar-refractivity contribution in [1.82, 2.24) is 0 Å². The minimum Gasteiger partial charge on any atom is -0.320 e. The van der Waals surface area contributed by atoms with Gasteiger partial charge in [-0.25, -0.2) is 0 Å². The Morgan fingerprint density at radius 1 is 1.10 bits per heavy atom. The van der Waals surface area contributed by atoms with E-state index in [0.717, 1.165) is 11.6 Å². The summed E-state index contributed by atoms with van der Waals surface area (Å²) in [6.45, 7) is 1.85. The van der Waals surface area contributed by atoms with E-state index in [1.54, 1.807) is 24.3 Å². The van der Waals surface area contributed by atoms with E-state index < -0.39 is 17.8 Å². The van der Waals surface area contributed by atoms with Gasteiger partial charge in [0.2, 0.25) is 0 Å². The summed E-state index contributed by atoms with van der Waals surface area (Å²) in [7, 11) is 0. The SMILES string of the molecule is Cc1ccc(C(N)c2ccc(Br)c(C(F)(F)F)c2)cc1Cl. The third kappa shape index (κ3) is 3.59. The average Bonchev–Trinajstić information content (AvgIpc) is 2.40. The molecule has 2 aromatic carbocycles. The first-order valence-corrected chi connectivity index (χ1v) is 7.25. The van der Waals surface area contributed by atoms with Crippen molar-refractivity contribution in [3.8, 4) is 0 Å². The summed E-state index contributed by atoms with van der Waals surface area (Å²) < 4.78 is 38.8. The highest BCUT2D eigenvalue weighted by atomic mass is 79.9.